The van der Waals surface area contributed by atoms with E-state index in [1.165, 1.54) is 31.4 Å². The van der Waals surface area contributed by atoms with Crippen LogP contribution in [0.3, 0.4) is 0 Å². The van der Waals surface area contributed by atoms with Crippen molar-refractivity contribution in [3.05, 3.63) is 64.7 Å². The van der Waals surface area contributed by atoms with E-state index in [-0.39, 0.29) is 29.3 Å². The number of esters is 1. The Kier molecular flexibility index (Phi) is 5.37. The van der Waals surface area contributed by atoms with Crippen molar-refractivity contribution in [2.45, 2.75) is 13.3 Å². The normalized spacial score (nSPS) is 10.8. The highest BCUT2D eigenvalue weighted by Crippen LogP contribution is 2.20. The number of rotatable bonds is 5. The average Bonchev–Trinajstić information content (AvgIpc) is 2.56. The SMILES string of the molecule is COC(=O)c1cc(O)ccc1CC(=O)/C=C/c1ccc(O)c(C)c1. The van der Waals surface area contributed by atoms with E-state index in [0.717, 1.165) is 11.1 Å². The summed E-state index contributed by atoms with van der Waals surface area (Å²) < 4.78 is 4.66. The Labute approximate surface area is 139 Å². The van der Waals surface area contributed by atoms with Gasteiger partial charge in [-0.3, -0.25) is 4.79 Å². The number of carbonyl (C=O) groups excluding carboxylic acids is 2. The van der Waals surface area contributed by atoms with E-state index in [1.54, 1.807) is 31.2 Å². The van der Waals surface area contributed by atoms with Gasteiger partial charge < -0.3 is 14.9 Å². The molecule has 0 aliphatic rings. The number of hydrogen-bond acceptors (Lipinski definition) is 5. The lowest BCUT2D eigenvalue weighted by molar-refractivity contribution is -0.113. The number of methoxy groups -OCH3 is 1. The second-order valence-corrected chi connectivity index (χ2v) is 5.36. The van der Waals surface area contributed by atoms with Crippen LogP contribution in [0.25, 0.3) is 6.08 Å². The third-order valence-electron chi connectivity index (χ3n) is 3.55. The molecule has 24 heavy (non-hydrogen) atoms. The molecule has 2 rings (SSSR count). The standard InChI is InChI=1S/C19H18O5/c1-12-9-13(4-8-18(12)22)3-6-15(20)10-14-5-7-16(21)11-17(14)19(23)24-2/h3-9,11,21-22H,10H2,1-2H3/b6-3+. The summed E-state index contributed by atoms with van der Waals surface area (Å²) in [7, 11) is 1.24. The van der Waals surface area contributed by atoms with Gasteiger partial charge in [0.2, 0.25) is 0 Å². The Balaban J connectivity index is 2.16. The highest BCUT2D eigenvalue weighted by Gasteiger charge is 2.14. The van der Waals surface area contributed by atoms with Gasteiger partial charge in [0.05, 0.1) is 12.7 Å². The molecule has 124 valence electrons. The van der Waals surface area contributed by atoms with Crippen molar-refractivity contribution in [2.75, 3.05) is 7.11 Å². The van der Waals surface area contributed by atoms with Crippen molar-refractivity contribution < 1.29 is 24.5 Å². The van der Waals surface area contributed by atoms with Crippen LogP contribution in [0.5, 0.6) is 11.5 Å². The summed E-state index contributed by atoms with van der Waals surface area (Å²) in [5.41, 5.74) is 2.16. The molecule has 0 saturated heterocycles. The number of benzene rings is 2. The maximum atomic E-state index is 12.1. The molecular formula is C19H18O5. The van der Waals surface area contributed by atoms with Crippen LogP contribution < -0.4 is 0 Å². The summed E-state index contributed by atoms with van der Waals surface area (Å²) in [5.74, 6) is -0.671. The quantitative estimate of drug-likeness (QED) is 0.652. The minimum absolute atomic E-state index is 0.0122. The van der Waals surface area contributed by atoms with Crippen LogP contribution in [0.2, 0.25) is 0 Å². The summed E-state index contributed by atoms with van der Waals surface area (Å²) in [5, 5.41) is 19.0. The molecule has 0 aromatic heterocycles. The minimum atomic E-state index is -0.605. The van der Waals surface area contributed by atoms with Gasteiger partial charge in [-0.05, 0) is 54.0 Å². The Morgan fingerprint density at radius 2 is 1.88 bits per heavy atom. The highest BCUT2D eigenvalue weighted by molar-refractivity contribution is 5.98. The topological polar surface area (TPSA) is 83.8 Å². The molecule has 5 nitrogen and oxygen atoms in total. The zero-order chi connectivity index (χ0) is 17.7. The van der Waals surface area contributed by atoms with Crippen LogP contribution in [-0.2, 0) is 16.0 Å². The molecule has 0 spiro atoms. The molecule has 0 heterocycles. The van der Waals surface area contributed by atoms with Crippen LogP contribution in [0.1, 0.15) is 27.0 Å². The van der Waals surface area contributed by atoms with Crippen LogP contribution >= 0.6 is 0 Å². The summed E-state index contributed by atoms with van der Waals surface area (Å²) in [4.78, 5) is 23.9. The largest absolute Gasteiger partial charge is 0.508 e. The lowest BCUT2D eigenvalue weighted by Gasteiger charge is -2.07. The molecule has 0 unspecified atom stereocenters. The molecular weight excluding hydrogens is 308 g/mol. The molecule has 0 bridgehead atoms. The number of allylic oxidation sites excluding steroid dienone is 1. The number of ether oxygens (including phenoxy) is 1. The molecule has 0 atom stereocenters. The molecule has 2 aromatic rings. The van der Waals surface area contributed by atoms with Crippen molar-refractivity contribution >= 4 is 17.8 Å². The van der Waals surface area contributed by atoms with Gasteiger partial charge in [-0.2, -0.15) is 0 Å². The predicted octanol–water partition coefficient (Wildman–Crippen LogP) is 3.02. The summed E-state index contributed by atoms with van der Waals surface area (Å²) in [6.45, 7) is 1.77. The van der Waals surface area contributed by atoms with Crippen molar-refractivity contribution in [1.29, 1.82) is 0 Å². The van der Waals surface area contributed by atoms with Gasteiger partial charge in [0.1, 0.15) is 11.5 Å². The third-order valence-corrected chi connectivity index (χ3v) is 3.55. The molecule has 2 aromatic carbocycles. The van der Waals surface area contributed by atoms with Crippen LogP contribution in [0, 0.1) is 6.92 Å². The van der Waals surface area contributed by atoms with Crippen molar-refractivity contribution in [1.82, 2.24) is 0 Å². The second kappa shape index (κ2) is 7.46. The van der Waals surface area contributed by atoms with E-state index in [9.17, 15) is 19.8 Å². The lowest BCUT2D eigenvalue weighted by atomic mass is 10.0. The maximum absolute atomic E-state index is 12.1. The Morgan fingerprint density at radius 3 is 2.54 bits per heavy atom. The molecule has 5 heteroatoms. The van der Waals surface area contributed by atoms with Gasteiger partial charge in [-0.15, -0.1) is 0 Å². The maximum Gasteiger partial charge on any atom is 0.338 e. The number of aryl methyl sites for hydroxylation is 1. The fourth-order valence-electron chi connectivity index (χ4n) is 2.24. The Hall–Kier alpha value is -3.08. The smallest absolute Gasteiger partial charge is 0.338 e. The second-order valence-electron chi connectivity index (χ2n) is 5.36. The van der Waals surface area contributed by atoms with Crippen molar-refractivity contribution in [3.8, 4) is 11.5 Å². The fourth-order valence-corrected chi connectivity index (χ4v) is 2.24. The Bertz CT molecular complexity index is 805. The Morgan fingerprint density at radius 1 is 1.12 bits per heavy atom. The van der Waals surface area contributed by atoms with Crippen LogP contribution in [0.15, 0.2) is 42.5 Å². The number of ketones is 1. The molecule has 2 N–H and O–H groups in total. The predicted molar refractivity (Wildman–Crippen MR) is 90.0 cm³/mol. The first-order valence-corrected chi connectivity index (χ1v) is 7.31. The first-order valence-electron chi connectivity index (χ1n) is 7.31. The number of phenolic OH excluding ortho intramolecular Hbond substituents is 2. The number of carbonyl (C=O) groups is 2. The highest BCUT2D eigenvalue weighted by atomic mass is 16.5. The first-order chi connectivity index (χ1) is 11.4. The van der Waals surface area contributed by atoms with E-state index in [0.29, 0.717) is 5.56 Å². The van der Waals surface area contributed by atoms with Gasteiger partial charge in [0, 0.05) is 6.42 Å². The summed E-state index contributed by atoms with van der Waals surface area (Å²) >= 11 is 0. The van der Waals surface area contributed by atoms with Gasteiger partial charge in [0.25, 0.3) is 0 Å². The van der Waals surface area contributed by atoms with Crippen molar-refractivity contribution in [2.24, 2.45) is 0 Å². The van der Waals surface area contributed by atoms with Crippen LogP contribution in [0.4, 0.5) is 0 Å². The molecule has 0 aliphatic carbocycles. The monoisotopic (exact) mass is 326 g/mol. The number of phenols is 2. The van der Waals surface area contributed by atoms with Crippen molar-refractivity contribution in [3.63, 3.8) is 0 Å². The van der Waals surface area contributed by atoms with Crippen LogP contribution in [-0.4, -0.2) is 29.1 Å². The van der Waals surface area contributed by atoms with E-state index < -0.39 is 5.97 Å². The third kappa shape index (κ3) is 4.23. The van der Waals surface area contributed by atoms with Gasteiger partial charge in [-0.25, -0.2) is 4.79 Å². The number of aromatic hydroxyl groups is 2. The minimum Gasteiger partial charge on any atom is -0.508 e. The zero-order valence-corrected chi connectivity index (χ0v) is 13.4. The van der Waals surface area contributed by atoms with Gasteiger partial charge in [-0.1, -0.05) is 18.2 Å². The fraction of sp³-hybridized carbons (Fsp3) is 0.158. The molecule has 0 aliphatic heterocycles. The molecule has 0 saturated carbocycles. The van der Waals surface area contributed by atoms with E-state index in [4.69, 9.17) is 0 Å². The molecule has 0 amide bonds. The summed E-state index contributed by atoms with van der Waals surface area (Å²) in [6.07, 6.45) is 3.07. The van der Waals surface area contributed by atoms with E-state index in [2.05, 4.69) is 4.74 Å². The molecule has 0 fully saturated rings. The van der Waals surface area contributed by atoms with E-state index >= 15 is 0 Å². The summed E-state index contributed by atoms with van der Waals surface area (Å²) in [6, 6.07) is 9.25. The molecule has 0 radical (unpaired) electrons. The number of hydrogen-bond donors (Lipinski definition) is 2. The van der Waals surface area contributed by atoms with Gasteiger partial charge in [0.15, 0.2) is 5.78 Å². The van der Waals surface area contributed by atoms with Gasteiger partial charge >= 0.3 is 5.97 Å². The average molecular weight is 326 g/mol. The zero-order valence-electron chi connectivity index (χ0n) is 13.4. The van der Waals surface area contributed by atoms with E-state index in [1.807, 2.05) is 0 Å². The lowest BCUT2D eigenvalue weighted by Crippen LogP contribution is -2.08. The first kappa shape index (κ1) is 17.3.